The second-order valence-corrected chi connectivity index (χ2v) is 6.91. The van der Waals surface area contributed by atoms with Crippen molar-refractivity contribution in [3.05, 3.63) is 64.5 Å². The number of rotatable bonds is 7. The molecular weight excluding hydrogens is 383 g/mol. The molecule has 0 aliphatic heterocycles. The van der Waals surface area contributed by atoms with E-state index in [9.17, 15) is 9.18 Å². The molecule has 2 heterocycles. The maximum absolute atomic E-state index is 13.1. The summed E-state index contributed by atoms with van der Waals surface area (Å²) in [5, 5.41) is 7.50. The SMILES string of the molecule is CCc1oc(C(=O)N[C@H](CN)Cc2ccc(F)cc2)cc1-c1c(Cl)cnn1C. The summed E-state index contributed by atoms with van der Waals surface area (Å²) in [6, 6.07) is 7.48. The Bertz CT molecular complexity index is 946. The van der Waals surface area contributed by atoms with Crippen LogP contribution in [0.4, 0.5) is 4.39 Å². The molecule has 6 nitrogen and oxygen atoms in total. The zero-order valence-corrected chi connectivity index (χ0v) is 16.5. The van der Waals surface area contributed by atoms with E-state index in [1.807, 2.05) is 6.92 Å². The third kappa shape index (κ3) is 4.26. The minimum Gasteiger partial charge on any atom is -0.455 e. The lowest BCUT2D eigenvalue weighted by molar-refractivity contribution is 0.0908. The summed E-state index contributed by atoms with van der Waals surface area (Å²) < 4.78 is 20.5. The molecule has 8 heteroatoms. The molecule has 0 aliphatic rings. The van der Waals surface area contributed by atoms with Crippen molar-refractivity contribution in [3.8, 4) is 11.3 Å². The van der Waals surface area contributed by atoms with Gasteiger partial charge in [0, 0.05) is 31.6 Å². The molecule has 3 rings (SSSR count). The first-order chi connectivity index (χ1) is 13.4. The Labute approximate surface area is 167 Å². The second kappa shape index (κ2) is 8.58. The van der Waals surface area contributed by atoms with Gasteiger partial charge in [0.15, 0.2) is 5.76 Å². The molecule has 28 heavy (non-hydrogen) atoms. The predicted molar refractivity (Wildman–Crippen MR) is 106 cm³/mol. The summed E-state index contributed by atoms with van der Waals surface area (Å²) in [5.74, 6) is 0.165. The maximum atomic E-state index is 13.1. The Morgan fingerprint density at radius 2 is 2.11 bits per heavy atom. The minimum atomic E-state index is -0.364. The van der Waals surface area contributed by atoms with Gasteiger partial charge < -0.3 is 15.5 Å². The minimum absolute atomic E-state index is 0.182. The van der Waals surface area contributed by atoms with Crippen molar-refractivity contribution in [1.29, 1.82) is 0 Å². The normalized spacial score (nSPS) is 12.2. The smallest absolute Gasteiger partial charge is 0.287 e. The number of aryl methyl sites for hydroxylation is 2. The summed E-state index contributed by atoms with van der Waals surface area (Å²) in [7, 11) is 1.78. The van der Waals surface area contributed by atoms with Gasteiger partial charge in [-0.25, -0.2) is 4.39 Å². The van der Waals surface area contributed by atoms with E-state index in [1.54, 1.807) is 36.1 Å². The summed E-state index contributed by atoms with van der Waals surface area (Å²) in [6.45, 7) is 2.18. The average molecular weight is 405 g/mol. The fraction of sp³-hybridized carbons (Fsp3) is 0.300. The number of aromatic nitrogens is 2. The molecule has 1 atom stereocenters. The molecule has 1 aromatic carbocycles. The van der Waals surface area contributed by atoms with Gasteiger partial charge in [0.25, 0.3) is 5.91 Å². The topological polar surface area (TPSA) is 86.1 Å². The maximum Gasteiger partial charge on any atom is 0.287 e. The summed E-state index contributed by atoms with van der Waals surface area (Å²) in [4.78, 5) is 12.7. The zero-order chi connectivity index (χ0) is 20.3. The van der Waals surface area contributed by atoms with Gasteiger partial charge in [-0.05, 0) is 30.2 Å². The van der Waals surface area contributed by atoms with Crippen LogP contribution in [-0.4, -0.2) is 28.3 Å². The van der Waals surface area contributed by atoms with E-state index < -0.39 is 0 Å². The van der Waals surface area contributed by atoms with Gasteiger partial charge in [-0.3, -0.25) is 9.48 Å². The first-order valence-corrected chi connectivity index (χ1v) is 9.36. The summed E-state index contributed by atoms with van der Waals surface area (Å²) >= 11 is 6.24. The van der Waals surface area contributed by atoms with Crippen molar-refractivity contribution >= 4 is 17.5 Å². The molecule has 0 saturated heterocycles. The Balaban J connectivity index is 1.79. The molecule has 3 N–H and O–H groups in total. The fourth-order valence-corrected chi connectivity index (χ4v) is 3.34. The molecule has 0 spiro atoms. The highest BCUT2D eigenvalue weighted by atomic mass is 35.5. The van der Waals surface area contributed by atoms with Crippen LogP contribution in [0.1, 0.15) is 28.8 Å². The van der Waals surface area contributed by atoms with Crippen molar-refractivity contribution in [1.82, 2.24) is 15.1 Å². The third-order valence-electron chi connectivity index (χ3n) is 4.52. The van der Waals surface area contributed by atoms with Crippen LogP contribution >= 0.6 is 11.6 Å². The lowest BCUT2D eigenvalue weighted by Crippen LogP contribution is -2.41. The van der Waals surface area contributed by atoms with Crippen molar-refractivity contribution in [2.24, 2.45) is 12.8 Å². The van der Waals surface area contributed by atoms with Gasteiger partial charge in [0.2, 0.25) is 0 Å². The molecule has 1 amide bonds. The lowest BCUT2D eigenvalue weighted by Gasteiger charge is -2.16. The van der Waals surface area contributed by atoms with Crippen molar-refractivity contribution in [3.63, 3.8) is 0 Å². The van der Waals surface area contributed by atoms with Gasteiger partial charge >= 0.3 is 0 Å². The number of carbonyl (C=O) groups is 1. The first kappa shape index (κ1) is 20.1. The zero-order valence-electron chi connectivity index (χ0n) is 15.7. The second-order valence-electron chi connectivity index (χ2n) is 6.50. The Hall–Kier alpha value is -2.64. The predicted octanol–water partition coefficient (Wildman–Crippen LogP) is 3.33. The Morgan fingerprint density at radius 3 is 2.68 bits per heavy atom. The Morgan fingerprint density at radius 1 is 1.39 bits per heavy atom. The molecular formula is C20H22ClFN4O2. The summed E-state index contributed by atoms with van der Waals surface area (Å²) in [6.07, 6.45) is 2.64. The van der Waals surface area contributed by atoms with Crippen LogP contribution in [0.15, 0.2) is 40.9 Å². The highest BCUT2D eigenvalue weighted by Crippen LogP contribution is 2.32. The van der Waals surface area contributed by atoms with E-state index in [1.165, 1.54) is 12.1 Å². The molecule has 3 aromatic rings. The number of hydrogen-bond acceptors (Lipinski definition) is 4. The molecule has 0 radical (unpaired) electrons. The third-order valence-corrected chi connectivity index (χ3v) is 4.79. The number of hydrogen-bond donors (Lipinski definition) is 2. The number of nitrogens with zero attached hydrogens (tertiary/aromatic N) is 2. The van der Waals surface area contributed by atoms with E-state index in [-0.39, 0.29) is 30.1 Å². The van der Waals surface area contributed by atoms with Crippen LogP contribution in [-0.2, 0) is 19.9 Å². The average Bonchev–Trinajstić information content (AvgIpc) is 3.25. The number of halogens is 2. The highest BCUT2D eigenvalue weighted by molar-refractivity contribution is 6.33. The number of amides is 1. The molecule has 0 fully saturated rings. The van der Waals surface area contributed by atoms with E-state index in [4.69, 9.17) is 21.8 Å². The first-order valence-electron chi connectivity index (χ1n) is 8.98. The van der Waals surface area contributed by atoms with Crippen molar-refractivity contribution in [2.45, 2.75) is 25.8 Å². The molecule has 0 saturated carbocycles. The molecule has 0 bridgehead atoms. The number of nitrogens with two attached hydrogens (primary N) is 1. The quantitative estimate of drug-likeness (QED) is 0.632. The number of furan rings is 1. The van der Waals surface area contributed by atoms with Crippen molar-refractivity contribution in [2.75, 3.05) is 6.54 Å². The van der Waals surface area contributed by atoms with E-state index in [2.05, 4.69) is 10.4 Å². The van der Waals surface area contributed by atoms with E-state index in [0.29, 0.717) is 29.3 Å². The number of nitrogens with one attached hydrogen (secondary N) is 1. The molecule has 148 valence electrons. The number of carbonyl (C=O) groups excluding carboxylic acids is 1. The van der Waals surface area contributed by atoms with Gasteiger partial charge in [0.05, 0.1) is 16.9 Å². The van der Waals surface area contributed by atoms with Gasteiger partial charge in [-0.15, -0.1) is 0 Å². The van der Waals surface area contributed by atoms with Crippen LogP contribution in [0.25, 0.3) is 11.3 Å². The molecule has 0 unspecified atom stereocenters. The van der Waals surface area contributed by atoms with Crippen molar-refractivity contribution < 1.29 is 13.6 Å². The standard InChI is InChI=1S/C20H22ClFN4O2/c1-3-17-15(19-16(21)11-24-26(19)2)9-18(28-17)20(27)25-14(10-23)8-12-4-6-13(22)7-5-12/h4-7,9,11,14H,3,8,10,23H2,1-2H3,(H,25,27)/t14-/m0/s1. The summed E-state index contributed by atoms with van der Waals surface area (Å²) in [5.41, 5.74) is 8.12. The van der Waals surface area contributed by atoms with Crippen LogP contribution in [0.3, 0.4) is 0 Å². The van der Waals surface area contributed by atoms with Crippen LogP contribution in [0.5, 0.6) is 0 Å². The van der Waals surface area contributed by atoms with Gasteiger partial charge in [0.1, 0.15) is 11.6 Å². The van der Waals surface area contributed by atoms with E-state index >= 15 is 0 Å². The lowest BCUT2D eigenvalue weighted by atomic mass is 10.1. The largest absolute Gasteiger partial charge is 0.455 e. The fourth-order valence-electron chi connectivity index (χ4n) is 3.07. The monoisotopic (exact) mass is 404 g/mol. The highest BCUT2D eigenvalue weighted by Gasteiger charge is 2.22. The number of benzene rings is 1. The van der Waals surface area contributed by atoms with Gasteiger partial charge in [-0.1, -0.05) is 30.7 Å². The Kier molecular flexibility index (Phi) is 6.16. The van der Waals surface area contributed by atoms with Gasteiger partial charge in [-0.2, -0.15) is 5.10 Å². The van der Waals surface area contributed by atoms with Crippen LogP contribution in [0.2, 0.25) is 5.02 Å². The molecule has 2 aromatic heterocycles. The van der Waals surface area contributed by atoms with E-state index in [0.717, 1.165) is 11.1 Å². The molecule has 0 aliphatic carbocycles. The van der Waals surface area contributed by atoms with Crippen LogP contribution < -0.4 is 11.1 Å². The van der Waals surface area contributed by atoms with Crippen LogP contribution in [0, 0.1) is 5.82 Å².